The van der Waals surface area contributed by atoms with Gasteiger partial charge in [0.1, 0.15) is 6.61 Å². The maximum Gasteiger partial charge on any atom is 0.411 e. The number of rotatable bonds is 8. The Morgan fingerprint density at radius 2 is 1.63 bits per heavy atom. The van der Waals surface area contributed by atoms with Crippen LogP contribution in [0.3, 0.4) is 0 Å². The molecule has 3 aromatic rings. The van der Waals surface area contributed by atoms with Gasteiger partial charge in [-0.05, 0) is 62.8 Å². The van der Waals surface area contributed by atoms with Crippen LogP contribution < -0.4 is 10.6 Å². The summed E-state index contributed by atoms with van der Waals surface area (Å²) in [5, 5.41) is 14.4. The number of fused-ring (bicyclic) bond motifs is 3. The molecule has 0 bridgehead atoms. The summed E-state index contributed by atoms with van der Waals surface area (Å²) in [5.74, 6) is -1.47. The smallest absolute Gasteiger partial charge is 0.411 e. The first-order valence-electron chi connectivity index (χ1n) is 11.3. The highest BCUT2D eigenvalue weighted by Gasteiger charge is 2.29. The summed E-state index contributed by atoms with van der Waals surface area (Å²) in [5.41, 5.74) is 5.21. The van der Waals surface area contributed by atoms with Gasteiger partial charge in [0, 0.05) is 22.1 Å². The fourth-order valence-electron chi connectivity index (χ4n) is 4.30. The van der Waals surface area contributed by atoms with Gasteiger partial charge in [0.25, 0.3) is 5.91 Å². The number of carbonyl (C=O) groups excluding carboxylic acids is 2. The quantitative estimate of drug-likeness (QED) is 0.337. The summed E-state index contributed by atoms with van der Waals surface area (Å²) < 4.78 is 6.10. The third kappa shape index (κ3) is 5.54. The lowest BCUT2D eigenvalue weighted by molar-refractivity contribution is -0.137. The molecule has 3 aromatic carbocycles. The number of ether oxygens (including phenoxy) is 1. The molecule has 4 rings (SSSR count). The van der Waals surface area contributed by atoms with Crippen molar-refractivity contribution in [1.29, 1.82) is 0 Å². The number of anilines is 1. The molecule has 0 aliphatic heterocycles. The number of halogens is 1. The summed E-state index contributed by atoms with van der Waals surface area (Å²) in [6, 6.07) is 20.5. The Morgan fingerprint density at radius 3 is 2.23 bits per heavy atom. The van der Waals surface area contributed by atoms with Gasteiger partial charge in [-0.3, -0.25) is 14.9 Å². The van der Waals surface area contributed by atoms with Gasteiger partial charge in [-0.15, -0.1) is 0 Å². The van der Waals surface area contributed by atoms with Gasteiger partial charge >= 0.3 is 12.1 Å². The van der Waals surface area contributed by atoms with E-state index in [0.29, 0.717) is 16.6 Å². The molecule has 0 saturated heterocycles. The average molecular weight is 537 g/mol. The number of carboxylic acids is 1. The molecule has 1 unspecified atom stereocenters. The molecule has 3 N–H and O–H groups in total. The van der Waals surface area contributed by atoms with Crippen LogP contribution in [0.4, 0.5) is 10.5 Å². The minimum Gasteiger partial charge on any atom is -0.481 e. The number of benzene rings is 3. The van der Waals surface area contributed by atoms with Crippen LogP contribution in [0.5, 0.6) is 0 Å². The number of carboxylic acid groups (broad SMARTS) is 1. The highest BCUT2D eigenvalue weighted by atomic mass is 79.9. The van der Waals surface area contributed by atoms with Crippen molar-refractivity contribution >= 4 is 39.6 Å². The monoisotopic (exact) mass is 536 g/mol. The third-order valence-electron chi connectivity index (χ3n) is 6.05. The highest BCUT2D eigenvalue weighted by molar-refractivity contribution is 9.10. The summed E-state index contributed by atoms with van der Waals surface area (Å²) in [4.78, 5) is 36.3. The van der Waals surface area contributed by atoms with Gasteiger partial charge in [-0.25, -0.2) is 4.79 Å². The van der Waals surface area contributed by atoms with Crippen molar-refractivity contribution in [1.82, 2.24) is 5.32 Å². The molecule has 35 heavy (non-hydrogen) atoms. The van der Waals surface area contributed by atoms with Crippen LogP contribution in [0.25, 0.3) is 11.1 Å². The first kappa shape index (κ1) is 24.5. The van der Waals surface area contributed by atoms with Crippen LogP contribution >= 0.6 is 15.9 Å². The topological polar surface area (TPSA) is 105 Å². The zero-order valence-electron chi connectivity index (χ0n) is 19.1. The number of amides is 2. The van der Waals surface area contributed by atoms with E-state index in [1.54, 1.807) is 19.1 Å². The largest absolute Gasteiger partial charge is 0.481 e. The predicted molar refractivity (Wildman–Crippen MR) is 137 cm³/mol. The molecule has 1 atom stereocenters. The van der Waals surface area contributed by atoms with Crippen LogP contribution in [0, 0.1) is 0 Å². The number of aliphatic carboxylic acids is 1. The van der Waals surface area contributed by atoms with Gasteiger partial charge in [-0.2, -0.15) is 0 Å². The van der Waals surface area contributed by atoms with Crippen LogP contribution in [0.1, 0.15) is 47.2 Å². The van der Waals surface area contributed by atoms with E-state index >= 15 is 0 Å². The van der Waals surface area contributed by atoms with E-state index < -0.39 is 24.0 Å². The van der Waals surface area contributed by atoms with Crippen LogP contribution in [0.2, 0.25) is 0 Å². The lowest BCUT2D eigenvalue weighted by Crippen LogP contribution is -2.36. The summed E-state index contributed by atoms with van der Waals surface area (Å²) in [6.45, 7) is 1.98. The molecular weight excluding hydrogens is 512 g/mol. The van der Waals surface area contributed by atoms with Crippen molar-refractivity contribution in [3.8, 4) is 11.1 Å². The maximum atomic E-state index is 12.7. The van der Waals surface area contributed by atoms with Crippen LogP contribution in [-0.2, 0) is 9.53 Å². The Bertz CT molecular complexity index is 1230. The molecule has 0 aromatic heterocycles. The Kier molecular flexibility index (Phi) is 7.51. The first-order chi connectivity index (χ1) is 16.9. The van der Waals surface area contributed by atoms with E-state index in [1.165, 1.54) is 6.07 Å². The molecule has 2 amide bonds. The first-order valence-corrected chi connectivity index (χ1v) is 12.1. The van der Waals surface area contributed by atoms with E-state index in [-0.39, 0.29) is 24.5 Å². The molecule has 0 heterocycles. The number of carbonyl (C=O) groups is 3. The standard InChI is InChI=1S/C27H25BrN2O5/c1-2-16(14-25(31)32)29-26(33)22-13-17(11-12-24(22)28)30-27(34)35-15-23-20-9-5-3-7-18(20)19-8-4-6-10-21(19)23/h3-13,16,23H,2,14-15H2,1H3,(H,29,33)(H,30,34)(H,31,32). The van der Waals surface area contributed by atoms with Crippen molar-refractivity contribution in [3.63, 3.8) is 0 Å². The Morgan fingerprint density at radius 1 is 1.00 bits per heavy atom. The summed E-state index contributed by atoms with van der Waals surface area (Å²) in [6.07, 6.45) is -0.317. The van der Waals surface area contributed by atoms with E-state index in [9.17, 15) is 14.4 Å². The van der Waals surface area contributed by atoms with Crippen molar-refractivity contribution in [2.24, 2.45) is 0 Å². The molecule has 1 aliphatic carbocycles. The normalized spacial score (nSPS) is 12.9. The van der Waals surface area contributed by atoms with Gasteiger partial charge in [0.05, 0.1) is 12.0 Å². The molecule has 0 radical (unpaired) electrons. The Labute approximate surface area is 211 Å². The molecule has 0 spiro atoms. The fourth-order valence-corrected chi connectivity index (χ4v) is 4.73. The Balaban J connectivity index is 1.42. The zero-order chi connectivity index (χ0) is 24.9. The lowest BCUT2D eigenvalue weighted by Gasteiger charge is -2.17. The molecule has 0 fully saturated rings. The molecule has 7 nitrogen and oxygen atoms in total. The van der Waals surface area contributed by atoms with E-state index in [1.807, 2.05) is 24.3 Å². The minimum atomic E-state index is -0.984. The van der Waals surface area contributed by atoms with Gasteiger partial charge in [0.2, 0.25) is 0 Å². The zero-order valence-corrected chi connectivity index (χ0v) is 20.7. The second-order valence-electron chi connectivity index (χ2n) is 8.32. The molecule has 0 saturated carbocycles. The Hall–Kier alpha value is -3.65. The van der Waals surface area contributed by atoms with Gasteiger partial charge < -0.3 is 15.2 Å². The highest BCUT2D eigenvalue weighted by Crippen LogP contribution is 2.44. The number of nitrogens with one attached hydrogen (secondary N) is 2. The lowest BCUT2D eigenvalue weighted by atomic mass is 9.98. The van der Waals surface area contributed by atoms with E-state index in [2.05, 4.69) is 50.8 Å². The van der Waals surface area contributed by atoms with Crippen molar-refractivity contribution in [2.45, 2.75) is 31.7 Å². The molecule has 1 aliphatic rings. The molecule has 180 valence electrons. The number of hydrogen-bond donors (Lipinski definition) is 3. The summed E-state index contributed by atoms with van der Waals surface area (Å²) >= 11 is 3.35. The van der Waals surface area contributed by atoms with E-state index in [4.69, 9.17) is 9.84 Å². The average Bonchev–Trinajstić information content (AvgIpc) is 3.17. The second-order valence-corrected chi connectivity index (χ2v) is 9.18. The van der Waals surface area contributed by atoms with Gasteiger partial charge in [0.15, 0.2) is 0 Å². The third-order valence-corrected chi connectivity index (χ3v) is 6.74. The van der Waals surface area contributed by atoms with Crippen molar-refractivity contribution < 1.29 is 24.2 Å². The predicted octanol–water partition coefficient (Wildman–Crippen LogP) is 5.79. The van der Waals surface area contributed by atoms with Crippen LogP contribution in [0.15, 0.2) is 71.2 Å². The summed E-state index contributed by atoms with van der Waals surface area (Å²) in [7, 11) is 0. The van der Waals surface area contributed by atoms with Crippen molar-refractivity contribution in [2.75, 3.05) is 11.9 Å². The maximum absolute atomic E-state index is 12.7. The second kappa shape index (κ2) is 10.7. The number of hydrogen-bond acceptors (Lipinski definition) is 4. The van der Waals surface area contributed by atoms with E-state index in [0.717, 1.165) is 22.3 Å². The minimum absolute atomic E-state index is 0.0559. The fraction of sp³-hybridized carbons (Fsp3) is 0.222. The molecule has 8 heteroatoms. The van der Waals surface area contributed by atoms with Crippen LogP contribution in [-0.4, -0.2) is 35.7 Å². The molecular formula is C27H25BrN2O5. The van der Waals surface area contributed by atoms with Crippen molar-refractivity contribution in [3.05, 3.63) is 87.9 Å². The van der Waals surface area contributed by atoms with Gasteiger partial charge in [-0.1, -0.05) is 55.5 Å². The SMILES string of the molecule is CCC(CC(=O)O)NC(=O)c1cc(NC(=O)OCC2c3ccccc3-c3ccccc32)ccc1Br.